The molecule has 2 rings (SSSR count). The van der Waals surface area contributed by atoms with Crippen molar-refractivity contribution in [2.24, 2.45) is 5.92 Å². The molecule has 0 spiro atoms. The highest BCUT2D eigenvalue weighted by Crippen LogP contribution is 2.32. The Bertz CT molecular complexity index is 501. The molecule has 2 N–H and O–H groups in total. The molecular formula is C11H9BrClFN2O2. The van der Waals surface area contributed by atoms with Crippen LogP contribution >= 0.6 is 27.5 Å². The first-order chi connectivity index (χ1) is 8.47. The molecule has 1 unspecified atom stereocenters. The maximum Gasteiger partial charge on any atom is 0.229 e. The molecular weight excluding hydrogens is 326 g/mol. The minimum absolute atomic E-state index is 0.104. The van der Waals surface area contributed by atoms with Crippen LogP contribution in [0.5, 0.6) is 0 Å². The Hall–Kier alpha value is -1.14. The third-order valence-corrected chi connectivity index (χ3v) is 3.53. The molecule has 96 valence electrons. The van der Waals surface area contributed by atoms with E-state index in [1.165, 1.54) is 6.07 Å². The van der Waals surface area contributed by atoms with Gasteiger partial charge >= 0.3 is 0 Å². The Balaban J connectivity index is 2.14. The summed E-state index contributed by atoms with van der Waals surface area (Å²) in [6, 6.07) is 2.32. The van der Waals surface area contributed by atoms with Gasteiger partial charge in [-0.3, -0.25) is 9.59 Å². The number of carbonyl (C=O) groups excluding carboxylic acids is 2. The van der Waals surface area contributed by atoms with Gasteiger partial charge in [-0.25, -0.2) is 4.39 Å². The molecule has 1 atom stereocenters. The molecule has 1 aromatic rings. The van der Waals surface area contributed by atoms with Gasteiger partial charge in [0.05, 0.1) is 16.6 Å². The van der Waals surface area contributed by atoms with Gasteiger partial charge in [0.15, 0.2) is 0 Å². The van der Waals surface area contributed by atoms with Crippen molar-refractivity contribution in [1.29, 1.82) is 0 Å². The van der Waals surface area contributed by atoms with Crippen LogP contribution in [0.1, 0.15) is 6.42 Å². The molecule has 1 aromatic carbocycles. The van der Waals surface area contributed by atoms with Crippen LogP contribution in [-0.2, 0) is 9.59 Å². The maximum atomic E-state index is 13.0. The number of nitrogens with one attached hydrogen (secondary N) is 2. The van der Waals surface area contributed by atoms with Gasteiger partial charge in [-0.2, -0.15) is 0 Å². The summed E-state index contributed by atoms with van der Waals surface area (Å²) in [6.45, 7) is 0.307. The van der Waals surface area contributed by atoms with Crippen molar-refractivity contribution in [3.8, 4) is 0 Å². The van der Waals surface area contributed by atoms with Crippen molar-refractivity contribution >= 4 is 45.0 Å². The van der Waals surface area contributed by atoms with Crippen molar-refractivity contribution in [3.63, 3.8) is 0 Å². The molecule has 1 aliphatic rings. The molecule has 0 aromatic heterocycles. The van der Waals surface area contributed by atoms with Crippen molar-refractivity contribution < 1.29 is 14.0 Å². The second-order valence-electron chi connectivity index (χ2n) is 3.94. The van der Waals surface area contributed by atoms with E-state index in [2.05, 4.69) is 26.6 Å². The Morgan fingerprint density at radius 3 is 2.83 bits per heavy atom. The van der Waals surface area contributed by atoms with Crippen molar-refractivity contribution in [2.45, 2.75) is 6.42 Å². The summed E-state index contributed by atoms with van der Waals surface area (Å²) in [7, 11) is 0. The van der Waals surface area contributed by atoms with Crippen LogP contribution in [0.4, 0.5) is 10.1 Å². The van der Waals surface area contributed by atoms with E-state index >= 15 is 0 Å². The van der Waals surface area contributed by atoms with E-state index in [0.717, 1.165) is 6.07 Å². The largest absolute Gasteiger partial charge is 0.355 e. The molecule has 1 fully saturated rings. The zero-order valence-electron chi connectivity index (χ0n) is 9.10. The van der Waals surface area contributed by atoms with Gasteiger partial charge in [-0.1, -0.05) is 11.6 Å². The van der Waals surface area contributed by atoms with Gasteiger partial charge in [0.25, 0.3) is 0 Å². The van der Waals surface area contributed by atoms with E-state index in [-0.39, 0.29) is 23.3 Å². The zero-order chi connectivity index (χ0) is 13.3. The molecule has 1 aliphatic heterocycles. The van der Waals surface area contributed by atoms with Crippen molar-refractivity contribution in [3.05, 3.63) is 27.4 Å². The fourth-order valence-corrected chi connectivity index (χ4v) is 2.58. The average Bonchev–Trinajstić information content (AvgIpc) is 2.70. The van der Waals surface area contributed by atoms with Gasteiger partial charge in [0, 0.05) is 17.4 Å². The van der Waals surface area contributed by atoms with E-state index in [0.29, 0.717) is 16.7 Å². The van der Waals surface area contributed by atoms with Gasteiger partial charge in [-0.15, -0.1) is 0 Å². The number of halogens is 3. The van der Waals surface area contributed by atoms with Crippen molar-refractivity contribution in [2.75, 3.05) is 11.9 Å². The summed E-state index contributed by atoms with van der Waals surface area (Å²) in [5.74, 6) is -1.39. The zero-order valence-corrected chi connectivity index (χ0v) is 11.4. The highest BCUT2D eigenvalue weighted by atomic mass is 79.9. The Labute approximate surface area is 116 Å². The first kappa shape index (κ1) is 13.3. The highest BCUT2D eigenvalue weighted by Gasteiger charge is 2.28. The number of amides is 2. The summed E-state index contributed by atoms with van der Waals surface area (Å²) in [6.07, 6.45) is 0.155. The van der Waals surface area contributed by atoms with Gasteiger partial charge in [0.1, 0.15) is 5.82 Å². The monoisotopic (exact) mass is 334 g/mol. The topological polar surface area (TPSA) is 58.2 Å². The van der Waals surface area contributed by atoms with Crippen molar-refractivity contribution in [1.82, 2.24) is 5.32 Å². The predicted octanol–water partition coefficient (Wildman–Crippen LogP) is 2.32. The molecule has 0 radical (unpaired) electrons. The molecule has 1 saturated heterocycles. The minimum Gasteiger partial charge on any atom is -0.355 e. The summed E-state index contributed by atoms with van der Waals surface area (Å²) in [4.78, 5) is 22.9. The third kappa shape index (κ3) is 2.81. The SMILES string of the molecule is O=C1CC(C(=O)Nc2c(Cl)cc(F)cc2Br)CN1. The first-order valence-electron chi connectivity index (χ1n) is 5.19. The van der Waals surface area contributed by atoms with Gasteiger partial charge < -0.3 is 10.6 Å². The molecule has 18 heavy (non-hydrogen) atoms. The van der Waals surface area contributed by atoms with Crippen LogP contribution in [0, 0.1) is 11.7 Å². The number of hydrogen-bond acceptors (Lipinski definition) is 2. The van der Waals surface area contributed by atoms with Crippen LogP contribution in [0.15, 0.2) is 16.6 Å². The minimum atomic E-state index is -0.498. The van der Waals surface area contributed by atoms with E-state index in [9.17, 15) is 14.0 Å². The number of carbonyl (C=O) groups is 2. The number of benzene rings is 1. The van der Waals surface area contributed by atoms with E-state index in [1.807, 2.05) is 0 Å². The summed E-state index contributed by atoms with van der Waals surface area (Å²) >= 11 is 8.97. The fourth-order valence-electron chi connectivity index (χ4n) is 1.68. The van der Waals surface area contributed by atoms with Crippen LogP contribution in [-0.4, -0.2) is 18.4 Å². The standard InChI is InChI=1S/C11H9BrClFN2O2/c12-7-2-6(14)3-8(13)10(7)16-11(18)5-1-9(17)15-4-5/h2-3,5H,1,4H2,(H,15,17)(H,16,18). The quantitative estimate of drug-likeness (QED) is 0.871. The third-order valence-electron chi connectivity index (χ3n) is 2.60. The lowest BCUT2D eigenvalue weighted by molar-refractivity contribution is -0.123. The predicted molar refractivity (Wildman–Crippen MR) is 68.9 cm³/mol. The number of anilines is 1. The fraction of sp³-hybridized carbons (Fsp3) is 0.273. The lowest BCUT2D eigenvalue weighted by Crippen LogP contribution is -2.25. The molecule has 7 heteroatoms. The molecule has 0 bridgehead atoms. The van der Waals surface area contributed by atoms with E-state index < -0.39 is 11.7 Å². The molecule has 4 nitrogen and oxygen atoms in total. The summed E-state index contributed by atoms with van der Waals surface area (Å²) in [5, 5.41) is 5.27. The lowest BCUT2D eigenvalue weighted by Gasteiger charge is -2.12. The molecule has 0 aliphatic carbocycles. The van der Waals surface area contributed by atoms with E-state index in [1.54, 1.807) is 0 Å². The van der Waals surface area contributed by atoms with Gasteiger partial charge in [-0.05, 0) is 28.1 Å². The van der Waals surface area contributed by atoms with Crippen LogP contribution in [0.3, 0.4) is 0 Å². The Kier molecular flexibility index (Phi) is 3.87. The average molecular weight is 336 g/mol. The molecule has 2 amide bonds. The first-order valence-corrected chi connectivity index (χ1v) is 6.36. The summed E-state index contributed by atoms with van der Waals surface area (Å²) < 4.78 is 13.4. The van der Waals surface area contributed by atoms with E-state index in [4.69, 9.17) is 11.6 Å². The van der Waals surface area contributed by atoms with Crippen LogP contribution in [0.25, 0.3) is 0 Å². The smallest absolute Gasteiger partial charge is 0.229 e. The lowest BCUT2D eigenvalue weighted by atomic mass is 10.1. The normalized spacial score (nSPS) is 18.6. The summed E-state index contributed by atoms with van der Waals surface area (Å²) in [5.41, 5.74) is 0.308. The van der Waals surface area contributed by atoms with Gasteiger partial charge in [0.2, 0.25) is 11.8 Å². The Morgan fingerprint density at radius 2 is 2.28 bits per heavy atom. The molecule has 0 saturated carbocycles. The second kappa shape index (κ2) is 5.24. The van der Waals surface area contributed by atoms with Crippen LogP contribution < -0.4 is 10.6 Å². The highest BCUT2D eigenvalue weighted by molar-refractivity contribution is 9.10. The molecule has 1 heterocycles. The Morgan fingerprint density at radius 1 is 1.56 bits per heavy atom. The second-order valence-corrected chi connectivity index (χ2v) is 5.20. The number of hydrogen-bond donors (Lipinski definition) is 2. The van der Waals surface area contributed by atoms with Crippen LogP contribution in [0.2, 0.25) is 5.02 Å². The number of rotatable bonds is 2. The maximum absolute atomic E-state index is 13.0.